The standard InChI is InChI=1S/C28H40N2/c1-2-4-20-7-10-23(11-8-20)24-12-14-25(15-13-24)27-16-9-22(19-28(27)30)17-21-5-3-6-26(29)18-21/h3,5-6,9,16,18-20,23-25H,2,4,7-8,10-15,17,29-30H2,1H3. The van der Waals surface area contributed by atoms with Crippen LogP contribution in [0.2, 0.25) is 0 Å². The Kier molecular flexibility index (Phi) is 7.02. The zero-order valence-corrected chi connectivity index (χ0v) is 18.8. The van der Waals surface area contributed by atoms with Crippen LogP contribution in [0.25, 0.3) is 0 Å². The second kappa shape index (κ2) is 9.90. The first-order valence-corrected chi connectivity index (χ1v) is 12.3. The third-order valence-electron chi connectivity index (χ3n) is 7.98. The van der Waals surface area contributed by atoms with Crippen LogP contribution in [0, 0.1) is 17.8 Å². The molecule has 2 aliphatic carbocycles. The van der Waals surface area contributed by atoms with Crippen molar-refractivity contribution < 1.29 is 0 Å². The highest BCUT2D eigenvalue weighted by Crippen LogP contribution is 2.45. The lowest BCUT2D eigenvalue weighted by molar-refractivity contribution is 0.156. The summed E-state index contributed by atoms with van der Waals surface area (Å²) in [5, 5.41) is 0. The van der Waals surface area contributed by atoms with E-state index in [1.807, 2.05) is 12.1 Å². The second-order valence-corrected chi connectivity index (χ2v) is 10.1. The van der Waals surface area contributed by atoms with Crippen LogP contribution in [0.1, 0.15) is 93.7 Å². The van der Waals surface area contributed by atoms with Crippen LogP contribution in [0.3, 0.4) is 0 Å². The van der Waals surface area contributed by atoms with Gasteiger partial charge in [-0.2, -0.15) is 0 Å². The van der Waals surface area contributed by atoms with E-state index in [1.165, 1.54) is 80.9 Å². The van der Waals surface area contributed by atoms with Crippen molar-refractivity contribution in [3.63, 3.8) is 0 Å². The Labute approximate surface area is 183 Å². The first kappa shape index (κ1) is 21.3. The van der Waals surface area contributed by atoms with E-state index in [0.717, 1.165) is 35.5 Å². The Morgan fingerprint density at radius 2 is 1.43 bits per heavy atom. The summed E-state index contributed by atoms with van der Waals surface area (Å²) >= 11 is 0. The molecule has 0 atom stereocenters. The third kappa shape index (κ3) is 5.20. The Morgan fingerprint density at radius 3 is 2.07 bits per heavy atom. The highest BCUT2D eigenvalue weighted by atomic mass is 14.6. The molecule has 2 heteroatoms. The van der Waals surface area contributed by atoms with Crippen LogP contribution in [0.15, 0.2) is 42.5 Å². The van der Waals surface area contributed by atoms with Crippen LogP contribution >= 0.6 is 0 Å². The number of rotatable bonds is 6. The smallest absolute Gasteiger partial charge is 0.0352 e. The van der Waals surface area contributed by atoms with Crippen molar-refractivity contribution in [1.29, 1.82) is 0 Å². The highest BCUT2D eigenvalue weighted by Gasteiger charge is 2.31. The summed E-state index contributed by atoms with van der Waals surface area (Å²) in [6, 6.07) is 14.9. The van der Waals surface area contributed by atoms with Crippen molar-refractivity contribution >= 4 is 11.4 Å². The number of benzene rings is 2. The summed E-state index contributed by atoms with van der Waals surface area (Å²) in [5.74, 6) is 3.64. The number of nitrogens with two attached hydrogens (primary N) is 2. The molecule has 0 aromatic heterocycles. The summed E-state index contributed by atoms with van der Waals surface area (Å²) in [7, 11) is 0. The zero-order chi connectivity index (χ0) is 20.9. The van der Waals surface area contributed by atoms with E-state index in [9.17, 15) is 0 Å². The van der Waals surface area contributed by atoms with Gasteiger partial charge in [0.25, 0.3) is 0 Å². The van der Waals surface area contributed by atoms with E-state index in [-0.39, 0.29) is 0 Å². The fourth-order valence-corrected chi connectivity index (χ4v) is 6.30. The van der Waals surface area contributed by atoms with Gasteiger partial charge in [0, 0.05) is 11.4 Å². The minimum Gasteiger partial charge on any atom is -0.399 e. The maximum atomic E-state index is 6.53. The molecule has 0 saturated heterocycles. The second-order valence-electron chi connectivity index (χ2n) is 10.1. The molecule has 0 radical (unpaired) electrons. The highest BCUT2D eigenvalue weighted by molar-refractivity contribution is 5.52. The molecule has 162 valence electrons. The molecule has 2 aromatic carbocycles. The van der Waals surface area contributed by atoms with Crippen LogP contribution < -0.4 is 11.5 Å². The van der Waals surface area contributed by atoms with Gasteiger partial charge in [0.15, 0.2) is 0 Å². The lowest BCUT2D eigenvalue weighted by Gasteiger charge is -2.38. The molecular formula is C28H40N2. The molecule has 2 aromatic rings. The van der Waals surface area contributed by atoms with Crippen LogP contribution in [0.5, 0.6) is 0 Å². The molecule has 4 N–H and O–H groups in total. The summed E-state index contributed by atoms with van der Waals surface area (Å²) in [6.07, 6.45) is 15.1. The van der Waals surface area contributed by atoms with Crippen LogP contribution in [-0.4, -0.2) is 0 Å². The van der Waals surface area contributed by atoms with Crippen LogP contribution in [-0.2, 0) is 6.42 Å². The van der Waals surface area contributed by atoms with Gasteiger partial charge in [-0.05, 0) is 104 Å². The van der Waals surface area contributed by atoms with Crippen molar-refractivity contribution in [1.82, 2.24) is 0 Å². The summed E-state index contributed by atoms with van der Waals surface area (Å²) in [4.78, 5) is 0. The molecule has 30 heavy (non-hydrogen) atoms. The van der Waals surface area contributed by atoms with Crippen molar-refractivity contribution in [2.24, 2.45) is 17.8 Å². The molecule has 4 rings (SSSR count). The Hall–Kier alpha value is -1.96. The number of anilines is 2. The van der Waals surface area contributed by atoms with Crippen molar-refractivity contribution in [2.45, 2.75) is 83.5 Å². The SMILES string of the molecule is CCCC1CCC(C2CCC(c3ccc(Cc4cccc(N)c4)cc3N)CC2)CC1. The maximum Gasteiger partial charge on any atom is 0.0352 e. The van der Waals surface area contributed by atoms with E-state index in [2.05, 4.69) is 37.3 Å². The first-order chi connectivity index (χ1) is 14.6. The van der Waals surface area contributed by atoms with E-state index < -0.39 is 0 Å². The fourth-order valence-electron chi connectivity index (χ4n) is 6.30. The molecule has 2 nitrogen and oxygen atoms in total. The fraction of sp³-hybridized carbons (Fsp3) is 0.571. The van der Waals surface area contributed by atoms with Crippen molar-refractivity contribution in [2.75, 3.05) is 11.5 Å². The largest absolute Gasteiger partial charge is 0.399 e. The third-order valence-corrected chi connectivity index (χ3v) is 7.98. The van der Waals surface area contributed by atoms with E-state index in [4.69, 9.17) is 11.5 Å². The predicted octanol–water partition coefficient (Wildman–Crippen LogP) is 7.32. The number of hydrogen-bond acceptors (Lipinski definition) is 2. The van der Waals surface area contributed by atoms with Gasteiger partial charge in [-0.15, -0.1) is 0 Å². The van der Waals surface area contributed by atoms with E-state index >= 15 is 0 Å². The molecule has 0 bridgehead atoms. The van der Waals surface area contributed by atoms with Crippen molar-refractivity contribution in [3.05, 3.63) is 59.2 Å². The van der Waals surface area contributed by atoms with Crippen molar-refractivity contribution in [3.8, 4) is 0 Å². The van der Waals surface area contributed by atoms with Crippen LogP contribution in [0.4, 0.5) is 11.4 Å². The van der Waals surface area contributed by atoms with Gasteiger partial charge >= 0.3 is 0 Å². The summed E-state index contributed by atoms with van der Waals surface area (Å²) in [5.41, 5.74) is 18.2. The summed E-state index contributed by atoms with van der Waals surface area (Å²) < 4.78 is 0. The van der Waals surface area contributed by atoms with Gasteiger partial charge in [-0.25, -0.2) is 0 Å². The van der Waals surface area contributed by atoms with E-state index in [1.54, 1.807) is 0 Å². The molecule has 0 aliphatic heterocycles. The maximum absolute atomic E-state index is 6.53. The number of hydrogen-bond donors (Lipinski definition) is 2. The minimum absolute atomic E-state index is 0.652. The molecule has 0 amide bonds. The molecule has 0 spiro atoms. The van der Waals surface area contributed by atoms with E-state index in [0.29, 0.717) is 5.92 Å². The summed E-state index contributed by atoms with van der Waals surface area (Å²) in [6.45, 7) is 2.34. The van der Waals surface area contributed by atoms with Gasteiger partial charge < -0.3 is 11.5 Å². The average Bonchev–Trinajstić information content (AvgIpc) is 2.75. The van der Waals surface area contributed by atoms with Gasteiger partial charge in [0.1, 0.15) is 0 Å². The monoisotopic (exact) mass is 404 g/mol. The lowest BCUT2D eigenvalue weighted by atomic mass is 9.68. The molecule has 0 unspecified atom stereocenters. The molecular weight excluding hydrogens is 364 g/mol. The molecule has 0 heterocycles. The quantitative estimate of drug-likeness (QED) is 0.495. The van der Waals surface area contributed by atoms with Gasteiger partial charge in [-0.3, -0.25) is 0 Å². The Balaban J connectivity index is 1.31. The topological polar surface area (TPSA) is 52.0 Å². The Morgan fingerprint density at radius 1 is 0.767 bits per heavy atom. The first-order valence-electron chi connectivity index (χ1n) is 12.3. The lowest BCUT2D eigenvalue weighted by Crippen LogP contribution is -2.25. The number of nitrogen functional groups attached to an aromatic ring is 2. The van der Waals surface area contributed by atoms with Gasteiger partial charge in [0.2, 0.25) is 0 Å². The minimum atomic E-state index is 0.652. The average molecular weight is 405 g/mol. The molecule has 2 saturated carbocycles. The molecule has 2 fully saturated rings. The Bertz CT molecular complexity index is 811. The normalized spacial score (nSPS) is 27.1. The van der Waals surface area contributed by atoms with Gasteiger partial charge in [0.05, 0.1) is 0 Å². The van der Waals surface area contributed by atoms with Gasteiger partial charge in [-0.1, -0.05) is 56.9 Å². The zero-order valence-electron chi connectivity index (χ0n) is 18.8. The molecule has 2 aliphatic rings. The predicted molar refractivity (Wildman–Crippen MR) is 130 cm³/mol.